The Morgan fingerprint density at radius 1 is 1.50 bits per heavy atom. The molecule has 0 aliphatic rings. The second-order valence-electron chi connectivity index (χ2n) is 2.92. The molecule has 1 atom stereocenters. The van der Waals surface area contributed by atoms with Gasteiger partial charge in [-0.2, -0.15) is 0 Å². The summed E-state index contributed by atoms with van der Waals surface area (Å²) >= 11 is 0. The van der Waals surface area contributed by atoms with Crippen LogP contribution in [0.15, 0.2) is 18.2 Å². The normalized spacial score (nSPS) is 9.92. The summed E-state index contributed by atoms with van der Waals surface area (Å²) in [7, 11) is 2.42. The summed E-state index contributed by atoms with van der Waals surface area (Å²) in [4.78, 5) is 0. The van der Waals surface area contributed by atoms with Gasteiger partial charge in [0, 0.05) is 5.56 Å². The molecule has 1 N–H and O–H groups in total. The monoisotopic (exact) mass is 179 g/mol. The third kappa shape index (κ3) is 1.92. The molecule has 0 aliphatic carbocycles. The van der Waals surface area contributed by atoms with Crippen LogP contribution in [-0.4, -0.2) is 5.45 Å². The smallest absolute Gasteiger partial charge is 0.0554 e. The van der Waals surface area contributed by atoms with Crippen LogP contribution in [0.2, 0.25) is 0 Å². The van der Waals surface area contributed by atoms with Crippen molar-refractivity contribution >= 4 is 14.7 Å². The van der Waals surface area contributed by atoms with Crippen molar-refractivity contribution in [3.8, 4) is 0 Å². The lowest BCUT2D eigenvalue weighted by Crippen LogP contribution is -1.93. The molecular formula is C10H14NP. The van der Waals surface area contributed by atoms with E-state index in [0.717, 1.165) is 12.0 Å². The topological polar surface area (TPSA) is 23.9 Å². The van der Waals surface area contributed by atoms with Crippen molar-refractivity contribution in [2.75, 3.05) is 0 Å². The predicted molar refractivity (Wildman–Crippen MR) is 57.1 cm³/mol. The van der Waals surface area contributed by atoms with Gasteiger partial charge in [-0.1, -0.05) is 34.4 Å². The maximum absolute atomic E-state index is 7.47. The molecule has 0 radical (unpaired) electrons. The molecule has 0 aromatic heterocycles. The van der Waals surface area contributed by atoms with Crippen molar-refractivity contribution in [3.05, 3.63) is 34.9 Å². The van der Waals surface area contributed by atoms with Crippen LogP contribution in [0.3, 0.4) is 0 Å². The summed E-state index contributed by atoms with van der Waals surface area (Å²) in [5.74, 6) is 0. The molecule has 0 saturated carbocycles. The van der Waals surface area contributed by atoms with Gasteiger partial charge < -0.3 is 5.41 Å². The summed E-state index contributed by atoms with van der Waals surface area (Å²) in [5, 5.41) is 7.47. The Morgan fingerprint density at radius 3 is 2.58 bits per heavy atom. The lowest BCUT2D eigenvalue weighted by Gasteiger charge is -2.05. The van der Waals surface area contributed by atoms with Crippen LogP contribution in [0.4, 0.5) is 0 Å². The molecule has 0 fully saturated rings. The highest BCUT2D eigenvalue weighted by molar-refractivity contribution is 7.41. The maximum Gasteiger partial charge on any atom is 0.0554 e. The molecular weight excluding hydrogens is 165 g/mol. The summed E-state index contributed by atoms with van der Waals surface area (Å²) < 4.78 is 0. The first-order valence-electron chi connectivity index (χ1n) is 4.09. The van der Waals surface area contributed by atoms with E-state index >= 15 is 0 Å². The van der Waals surface area contributed by atoms with Crippen LogP contribution < -0.4 is 0 Å². The van der Waals surface area contributed by atoms with Crippen LogP contribution in [0.1, 0.15) is 23.6 Å². The van der Waals surface area contributed by atoms with E-state index in [1.807, 2.05) is 13.0 Å². The zero-order valence-corrected chi connectivity index (χ0v) is 8.67. The van der Waals surface area contributed by atoms with E-state index in [9.17, 15) is 0 Å². The lowest BCUT2D eigenvalue weighted by atomic mass is 10.0. The van der Waals surface area contributed by atoms with E-state index in [4.69, 9.17) is 5.41 Å². The minimum Gasteiger partial charge on any atom is -0.300 e. The standard InChI is InChI=1S/C10H14NP/c1-3-8-4-5-9(10(11)12)7(2)6-8/h4-6,11H,3,12H2,1-2H3. The molecule has 2 heteroatoms. The first kappa shape index (κ1) is 9.41. The number of nitrogens with one attached hydrogen (secondary N) is 1. The molecule has 0 amide bonds. The molecule has 0 saturated heterocycles. The Balaban J connectivity index is 3.12. The van der Waals surface area contributed by atoms with Crippen molar-refractivity contribution in [2.45, 2.75) is 20.3 Å². The number of hydrogen-bond acceptors (Lipinski definition) is 1. The molecule has 12 heavy (non-hydrogen) atoms. The van der Waals surface area contributed by atoms with Crippen molar-refractivity contribution in [2.24, 2.45) is 0 Å². The fraction of sp³-hybridized carbons (Fsp3) is 0.300. The van der Waals surface area contributed by atoms with E-state index in [1.54, 1.807) is 0 Å². The van der Waals surface area contributed by atoms with Gasteiger partial charge >= 0.3 is 0 Å². The Hall–Kier alpha value is -0.680. The fourth-order valence-corrected chi connectivity index (χ4v) is 1.57. The van der Waals surface area contributed by atoms with Crippen LogP contribution in [0, 0.1) is 12.3 Å². The minimum atomic E-state index is 0.565. The van der Waals surface area contributed by atoms with Gasteiger partial charge in [0.2, 0.25) is 0 Å². The van der Waals surface area contributed by atoms with Crippen molar-refractivity contribution in [1.82, 2.24) is 0 Å². The van der Waals surface area contributed by atoms with Gasteiger partial charge in [-0.15, -0.1) is 0 Å². The van der Waals surface area contributed by atoms with Gasteiger partial charge in [0.15, 0.2) is 0 Å². The third-order valence-electron chi connectivity index (χ3n) is 1.99. The fourth-order valence-electron chi connectivity index (χ4n) is 1.25. The quantitative estimate of drug-likeness (QED) is 0.533. The highest BCUT2D eigenvalue weighted by Crippen LogP contribution is 2.14. The molecule has 1 unspecified atom stereocenters. The van der Waals surface area contributed by atoms with E-state index in [1.165, 1.54) is 11.1 Å². The van der Waals surface area contributed by atoms with Gasteiger partial charge in [-0.3, -0.25) is 0 Å². The minimum absolute atomic E-state index is 0.565. The largest absolute Gasteiger partial charge is 0.300 e. The SMILES string of the molecule is CCc1ccc(C(=N)P)c(C)c1. The average molecular weight is 179 g/mol. The maximum atomic E-state index is 7.47. The number of rotatable bonds is 2. The van der Waals surface area contributed by atoms with Crippen molar-refractivity contribution in [3.63, 3.8) is 0 Å². The molecule has 0 bridgehead atoms. The Labute approximate surface area is 75.9 Å². The molecule has 0 aliphatic heterocycles. The third-order valence-corrected chi connectivity index (χ3v) is 2.30. The highest BCUT2D eigenvalue weighted by atomic mass is 31.0. The molecule has 64 valence electrons. The Morgan fingerprint density at radius 2 is 2.17 bits per heavy atom. The zero-order chi connectivity index (χ0) is 9.14. The van der Waals surface area contributed by atoms with Gasteiger partial charge in [-0.05, 0) is 24.5 Å². The molecule has 1 aromatic carbocycles. The number of hydrogen-bond donors (Lipinski definition) is 1. The summed E-state index contributed by atoms with van der Waals surface area (Å²) in [6.07, 6.45) is 1.06. The van der Waals surface area contributed by atoms with E-state index < -0.39 is 0 Å². The second kappa shape index (κ2) is 3.82. The van der Waals surface area contributed by atoms with Crippen molar-refractivity contribution < 1.29 is 0 Å². The first-order valence-corrected chi connectivity index (χ1v) is 4.66. The summed E-state index contributed by atoms with van der Waals surface area (Å²) in [6.45, 7) is 4.19. The van der Waals surface area contributed by atoms with Crippen LogP contribution in [-0.2, 0) is 6.42 Å². The van der Waals surface area contributed by atoms with Crippen LogP contribution >= 0.6 is 9.24 Å². The van der Waals surface area contributed by atoms with Crippen molar-refractivity contribution in [1.29, 1.82) is 5.41 Å². The van der Waals surface area contributed by atoms with E-state index in [0.29, 0.717) is 5.45 Å². The van der Waals surface area contributed by atoms with Crippen LogP contribution in [0.25, 0.3) is 0 Å². The van der Waals surface area contributed by atoms with Gasteiger partial charge in [0.1, 0.15) is 0 Å². The molecule has 1 aromatic rings. The van der Waals surface area contributed by atoms with Gasteiger partial charge in [-0.25, -0.2) is 0 Å². The number of aryl methyl sites for hydroxylation is 2. The molecule has 0 heterocycles. The number of benzene rings is 1. The Bertz CT molecular complexity index is 305. The first-order chi connectivity index (χ1) is 5.65. The molecule has 1 rings (SSSR count). The molecule has 1 nitrogen and oxygen atoms in total. The van der Waals surface area contributed by atoms with Crippen LogP contribution in [0.5, 0.6) is 0 Å². The second-order valence-corrected chi connectivity index (χ2v) is 3.49. The predicted octanol–water partition coefficient (Wildman–Crippen LogP) is 2.76. The molecule has 0 spiro atoms. The van der Waals surface area contributed by atoms with Gasteiger partial charge in [0.25, 0.3) is 0 Å². The lowest BCUT2D eigenvalue weighted by molar-refractivity contribution is 1.13. The highest BCUT2D eigenvalue weighted by Gasteiger charge is 2.00. The van der Waals surface area contributed by atoms with Gasteiger partial charge in [0.05, 0.1) is 5.45 Å². The van der Waals surface area contributed by atoms with E-state index in [-0.39, 0.29) is 0 Å². The Kier molecular flexibility index (Phi) is 2.99. The zero-order valence-electron chi connectivity index (χ0n) is 7.52. The summed E-state index contributed by atoms with van der Waals surface area (Å²) in [6, 6.07) is 6.25. The van der Waals surface area contributed by atoms with E-state index in [2.05, 4.69) is 28.3 Å². The average Bonchev–Trinajstić information content (AvgIpc) is 2.03. The summed E-state index contributed by atoms with van der Waals surface area (Å²) in [5.41, 5.74) is 4.12.